The molecule has 0 radical (unpaired) electrons. The van der Waals surface area contributed by atoms with Gasteiger partial charge in [-0.3, -0.25) is 9.89 Å². The van der Waals surface area contributed by atoms with Crippen molar-refractivity contribution >= 4 is 5.96 Å². The second-order valence-corrected chi connectivity index (χ2v) is 7.32. The van der Waals surface area contributed by atoms with E-state index in [9.17, 15) is 0 Å². The molecule has 2 saturated heterocycles. The molecule has 2 N–H and O–H groups in total. The van der Waals surface area contributed by atoms with Gasteiger partial charge in [-0.2, -0.15) is 0 Å². The lowest BCUT2D eigenvalue weighted by Crippen LogP contribution is -2.43. The molecular formula is C20H35N5O. The molecule has 2 fully saturated rings. The van der Waals surface area contributed by atoms with Crippen LogP contribution in [0.3, 0.4) is 0 Å². The summed E-state index contributed by atoms with van der Waals surface area (Å²) in [4.78, 5) is 9.92. The predicted octanol–water partition coefficient (Wildman–Crippen LogP) is 2.46. The minimum Gasteiger partial charge on any atom is -0.468 e. The number of aliphatic imine (C=N–C) groups is 1. The fraction of sp³-hybridized carbons (Fsp3) is 0.750. The minimum absolute atomic E-state index is 0.241. The molecule has 1 aromatic rings. The molecule has 2 aliphatic heterocycles. The Morgan fingerprint density at radius 3 is 2.58 bits per heavy atom. The summed E-state index contributed by atoms with van der Waals surface area (Å²) in [5, 5.41) is 6.89. The molecule has 0 spiro atoms. The normalized spacial score (nSPS) is 21.0. The summed E-state index contributed by atoms with van der Waals surface area (Å²) < 4.78 is 5.70. The smallest absolute Gasteiger partial charge is 0.191 e. The summed E-state index contributed by atoms with van der Waals surface area (Å²) in [7, 11) is 0. The molecule has 6 heteroatoms. The number of rotatable bonds is 8. The largest absolute Gasteiger partial charge is 0.468 e. The molecule has 6 nitrogen and oxygen atoms in total. The monoisotopic (exact) mass is 361 g/mol. The van der Waals surface area contributed by atoms with Crippen LogP contribution in [0.4, 0.5) is 0 Å². The third-order valence-electron chi connectivity index (χ3n) is 5.39. The summed E-state index contributed by atoms with van der Waals surface area (Å²) >= 11 is 0. The molecule has 0 aromatic carbocycles. The van der Waals surface area contributed by atoms with E-state index in [2.05, 4.69) is 33.4 Å². The van der Waals surface area contributed by atoms with Crippen LogP contribution in [0.5, 0.6) is 0 Å². The second-order valence-electron chi connectivity index (χ2n) is 7.32. The van der Waals surface area contributed by atoms with Gasteiger partial charge >= 0.3 is 0 Å². The van der Waals surface area contributed by atoms with Gasteiger partial charge in [-0.15, -0.1) is 0 Å². The Labute approximate surface area is 158 Å². The third kappa shape index (κ3) is 5.74. The number of likely N-dealkylation sites (tertiary alicyclic amines) is 2. The zero-order valence-electron chi connectivity index (χ0n) is 16.3. The Bertz CT molecular complexity index is 518. The summed E-state index contributed by atoms with van der Waals surface area (Å²) in [6.07, 6.45) is 8.39. The Morgan fingerprint density at radius 2 is 1.88 bits per heavy atom. The van der Waals surface area contributed by atoms with Crippen molar-refractivity contribution in [1.29, 1.82) is 0 Å². The fourth-order valence-corrected chi connectivity index (χ4v) is 3.95. The first-order valence-electron chi connectivity index (χ1n) is 10.4. The van der Waals surface area contributed by atoms with Crippen LogP contribution < -0.4 is 10.6 Å². The van der Waals surface area contributed by atoms with E-state index >= 15 is 0 Å². The van der Waals surface area contributed by atoms with Gasteiger partial charge in [-0.1, -0.05) is 6.42 Å². The van der Waals surface area contributed by atoms with Crippen LogP contribution in [0.15, 0.2) is 27.8 Å². The summed E-state index contributed by atoms with van der Waals surface area (Å²) in [6.45, 7) is 10.5. The summed E-state index contributed by atoms with van der Waals surface area (Å²) in [5.41, 5.74) is 0. The van der Waals surface area contributed by atoms with E-state index in [1.807, 2.05) is 6.07 Å². The lowest BCUT2D eigenvalue weighted by Gasteiger charge is -2.27. The van der Waals surface area contributed by atoms with Crippen LogP contribution in [0, 0.1) is 0 Å². The van der Waals surface area contributed by atoms with Crippen molar-refractivity contribution < 1.29 is 4.42 Å². The Balaban J connectivity index is 1.53. The topological polar surface area (TPSA) is 56.0 Å². The van der Waals surface area contributed by atoms with Crippen LogP contribution >= 0.6 is 0 Å². The van der Waals surface area contributed by atoms with Gasteiger partial charge in [0.25, 0.3) is 0 Å². The highest BCUT2D eigenvalue weighted by atomic mass is 16.3. The highest BCUT2D eigenvalue weighted by Crippen LogP contribution is 2.25. The number of piperidine rings is 1. The molecule has 0 saturated carbocycles. The van der Waals surface area contributed by atoms with Crippen molar-refractivity contribution in [3.63, 3.8) is 0 Å². The van der Waals surface area contributed by atoms with Gasteiger partial charge in [-0.25, -0.2) is 0 Å². The van der Waals surface area contributed by atoms with Crippen molar-refractivity contribution in [2.24, 2.45) is 4.99 Å². The van der Waals surface area contributed by atoms with E-state index in [0.717, 1.165) is 51.0 Å². The van der Waals surface area contributed by atoms with Gasteiger partial charge in [-0.05, 0) is 70.9 Å². The van der Waals surface area contributed by atoms with Crippen LogP contribution in [0.25, 0.3) is 0 Å². The SMILES string of the molecule is CCNC(=NCC(c1ccco1)N1CCCC1)NCCN1CCCCC1. The zero-order valence-corrected chi connectivity index (χ0v) is 16.3. The number of nitrogens with one attached hydrogen (secondary N) is 2. The molecule has 0 aliphatic carbocycles. The molecule has 1 atom stereocenters. The molecule has 3 heterocycles. The number of guanidine groups is 1. The molecule has 0 bridgehead atoms. The molecule has 2 aliphatic rings. The average Bonchev–Trinajstić information content (AvgIpc) is 3.37. The standard InChI is InChI=1S/C20H35N5O/c1-2-21-20(22-10-15-24-11-4-3-5-12-24)23-17-18(19-9-8-16-26-19)25-13-6-7-14-25/h8-9,16,18H,2-7,10-15,17H2,1H3,(H2,21,22,23). The number of hydrogen-bond acceptors (Lipinski definition) is 4. The summed E-state index contributed by atoms with van der Waals surface area (Å²) in [6, 6.07) is 4.30. The Kier molecular flexibility index (Phi) is 7.83. The lowest BCUT2D eigenvalue weighted by atomic mass is 10.1. The van der Waals surface area contributed by atoms with E-state index < -0.39 is 0 Å². The number of hydrogen-bond donors (Lipinski definition) is 2. The Hall–Kier alpha value is -1.53. The molecule has 1 aromatic heterocycles. The maximum atomic E-state index is 5.70. The molecule has 1 unspecified atom stereocenters. The van der Waals surface area contributed by atoms with E-state index in [4.69, 9.17) is 9.41 Å². The maximum Gasteiger partial charge on any atom is 0.191 e. The third-order valence-corrected chi connectivity index (χ3v) is 5.39. The zero-order chi connectivity index (χ0) is 18.0. The van der Waals surface area contributed by atoms with Gasteiger partial charge in [0.05, 0.1) is 18.8 Å². The summed E-state index contributed by atoms with van der Waals surface area (Å²) in [5.74, 6) is 1.94. The lowest BCUT2D eigenvalue weighted by molar-refractivity contribution is 0.221. The van der Waals surface area contributed by atoms with Gasteiger partial charge < -0.3 is 20.0 Å². The van der Waals surface area contributed by atoms with Crippen molar-refractivity contribution in [3.8, 4) is 0 Å². The predicted molar refractivity (Wildman–Crippen MR) is 107 cm³/mol. The quantitative estimate of drug-likeness (QED) is 0.550. The van der Waals surface area contributed by atoms with Gasteiger partial charge in [0, 0.05) is 19.6 Å². The number of furan rings is 1. The minimum atomic E-state index is 0.241. The first-order valence-corrected chi connectivity index (χ1v) is 10.4. The van der Waals surface area contributed by atoms with Gasteiger partial charge in [0.15, 0.2) is 5.96 Å². The van der Waals surface area contributed by atoms with Crippen molar-refractivity contribution in [2.45, 2.75) is 45.1 Å². The Morgan fingerprint density at radius 1 is 1.12 bits per heavy atom. The van der Waals surface area contributed by atoms with Gasteiger partial charge in [0.1, 0.15) is 5.76 Å². The highest BCUT2D eigenvalue weighted by molar-refractivity contribution is 5.79. The van der Waals surface area contributed by atoms with E-state index in [1.165, 1.54) is 45.2 Å². The molecular weight excluding hydrogens is 326 g/mol. The molecule has 146 valence electrons. The molecule has 3 rings (SSSR count). The molecule has 0 amide bonds. The highest BCUT2D eigenvalue weighted by Gasteiger charge is 2.25. The first kappa shape index (κ1) is 19.2. The van der Waals surface area contributed by atoms with E-state index in [1.54, 1.807) is 6.26 Å². The first-order chi connectivity index (χ1) is 12.9. The van der Waals surface area contributed by atoms with Crippen LogP contribution in [-0.4, -0.2) is 68.1 Å². The van der Waals surface area contributed by atoms with Gasteiger partial charge in [0.2, 0.25) is 0 Å². The average molecular weight is 362 g/mol. The fourth-order valence-electron chi connectivity index (χ4n) is 3.95. The van der Waals surface area contributed by atoms with Crippen molar-refractivity contribution in [1.82, 2.24) is 20.4 Å². The van der Waals surface area contributed by atoms with Crippen molar-refractivity contribution in [2.75, 3.05) is 52.4 Å². The van der Waals surface area contributed by atoms with Crippen LogP contribution in [-0.2, 0) is 0 Å². The van der Waals surface area contributed by atoms with E-state index in [-0.39, 0.29) is 6.04 Å². The van der Waals surface area contributed by atoms with Crippen LogP contribution in [0.2, 0.25) is 0 Å². The maximum absolute atomic E-state index is 5.70. The van der Waals surface area contributed by atoms with Crippen molar-refractivity contribution in [3.05, 3.63) is 24.2 Å². The number of nitrogens with zero attached hydrogens (tertiary/aromatic N) is 3. The van der Waals surface area contributed by atoms with Crippen LogP contribution in [0.1, 0.15) is 50.8 Å². The molecule has 26 heavy (non-hydrogen) atoms. The second kappa shape index (κ2) is 10.6. The van der Waals surface area contributed by atoms with E-state index in [0.29, 0.717) is 0 Å².